The zero-order valence-corrected chi connectivity index (χ0v) is 11.6. The van der Waals surface area contributed by atoms with Crippen LogP contribution in [0.15, 0.2) is 23.3 Å². The van der Waals surface area contributed by atoms with Gasteiger partial charge in [0.1, 0.15) is 6.26 Å². The predicted octanol–water partition coefficient (Wildman–Crippen LogP) is 1.99. The molecule has 1 aliphatic rings. The van der Waals surface area contributed by atoms with Crippen molar-refractivity contribution in [3.05, 3.63) is 30.2 Å². The number of aromatic nitrogens is 3. The Bertz CT molecular complexity index is 635. The number of anilines is 1. The first-order valence-electron chi connectivity index (χ1n) is 6.92. The quantitative estimate of drug-likeness (QED) is 0.902. The van der Waals surface area contributed by atoms with Gasteiger partial charge in [-0.05, 0) is 25.9 Å². The van der Waals surface area contributed by atoms with Gasteiger partial charge in [0.25, 0.3) is 12.3 Å². The van der Waals surface area contributed by atoms with E-state index in [9.17, 15) is 13.6 Å². The number of nitrogens with zero attached hydrogens (tertiary/aromatic N) is 3. The molecule has 2 aromatic heterocycles. The van der Waals surface area contributed by atoms with E-state index in [1.54, 1.807) is 0 Å². The number of piperidine rings is 1. The van der Waals surface area contributed by atoms with E-state index in [1.165, 1.54) is 10.9 Å². The van der Waals surface area contributed by atoms with Gasteiger partial charge in [0.2, 0.25) is 0 Å². The van der Waals surface area contributed by atoms with Crippen LogP contribution in [0.5, 0.6) is 0 Å². The second kappa shape index (κ2) is 6.22. The Kier molecular flexibility index (Phi) is 4.14. The number of alkyl halides is 2. The second-order valence-electron chi connectivity index (χ2n) is 5.02. The molecule has 22 heavy (non-hydrogen) atoms. The first-order chi connectivity index (χ1) is 10.6. The zero-order chi connectivity index (χ0) is 15.5. The number of nitrogens with one attached hydrogen (secondary N) is 2. The van der Waals surface area contributed by atoms with Gasteiger partial charge in [-0.2, -0.15) is 5.10 Å². The van der Waals surface area contributed by atoms with E-state index in [2.05, 4.69) is 20.7 Å². The number of amides is 1. The van der Waals surface area contributed by atoms with Crippen LogP contribution < -0.4 is 10.6 Å². The summed E-state index contributed by atoms with van der Waals surface area (Å²) in [6, 6.07) is 0.0523. The number of carbonyl (C=O) groups is 1. The van der Waals surface area contributed by atoms with Crippen molar-refractivity contribution in [1.29, 1.82) is 0 Å². The second-order valence-corrected chi connectivity index (χ2v) is 5.02. The maximum absolute atomic E-state index is 13.1. The fourth-order valence-corrected chi connectivity index (χ4v) is 2.43. The van der Waals surface area contributed by atoms with Gasteiger partial charge in [-0.25, -0.2) is 13.8 Å². The molecule has 0 bridgehead atoms. The summed E-state index contributed by atoms with van der Waals surface area (Å²) in [5.41, 5.74) is -0.410. The van der Waals surface area contributed by atoms with Gasteiger partial charge >= 0.3 is 0 Å². The Morgan fingerprint density at radius 1 is 1.45 bits per heavy atom. The lowest BCUT2D eigenvalue weighted by molar-refractivity contribution is 0.102. The Labute approximate surface area is 124 Å². The Hall–Kier alpha value is -2.29. The van der Waals surface area contributed by atoms with E-state index in [4.69, 9.17) is 4.42 Å². The molecule has 1 amide bonds. The monoisotopic (exact) mass is 311 g/mol. The van der Waals surface area contributed by atoms with Crippen LogP contribution in [0.2, 0.25) is 0 Å². The molecule has 1 fully saturated rings. The summed E-state index contributed by atoms with van der Waals surface area (Å²) in [6.45, 7) is 1.63. The summed E-state index contributed by atoms with van der Waals surface area (Å²) >= 11 is 0. The summed E-state index contributed by atoms with van der Waals surface area (Å²) in [7, 11) is 0. The lowest BCUT2D eigenvalue weighted by Gasteiger charge is -2.22. The third kappa shape index (κ3) is 2.98. The van der Waals surface area contributed by atoms with Crippen molar-refractivity contribution in [2.75, 3.05) is 18.4 Å². The first-order valence-corrected chi connectivity index (χ1v) is 6.92. The summed E-state index contributed by atoms with van der Waals surface area (Å²) in [4.78, 5) is 15.6. The SMILES string of the molecule is O=C(Nc1cn(C2CCNCC2)nc1C(F)F)c1cocn1. The molecule has 9 heteroatoms. The van der Waals surface area contributed by atoms with Crippen molar-refractivity contribution >= 4 is 11.6 Å². The number of carbonyl (C=O) groups excluding carboxylic acids is 1. The molecule has 0 atom stereocenters. The molecule has 0 aliphatic carbocycles. The van der Waals surface area contributed by atoms with Crippen LogP contribution >= 0.6 is 0 Å². The standard InChI is InChI=1S/C13H15F2N5O2/c14-12(15)11-9(18-13(21)10-6-22-7-17-10)5-20(19-11)8-1-3-16-4-2-8/h5-8,12,16H,1-4H2,(H,18,21). The average molecular weight is 311 g/mol. The van der Waals surface area contributed by atoms with E-state index in [0.29, 0.717) is 0 Å². The number of hydrogen-bond acceptors (Lipinski definition) is 5. The molecule has 0 saturated carbocycles. The lowest BCUT2D eigenvalue weighted by Crippen LogP contribution is -2.29. The minimum atomic E-state index is -2.77. The van der Waals surface area contributed by atoms with Gasteiger partial charge in [-0.15, -0.1) is 0 Å². The molecule has 0 aromatic carbocycles. The van der Waals surface area contributed by atoms with Gasteiger partial charge in [-0.1, -0.05) is 0 Å². The van der Waals surface area contributed by atoms with E-state index >= 15 is 0 Å². The molecule has 118 valence electrons. The van der Waals surface area contributed by atoms with Crippen molar-refractivity contribution in [3.63, 3.8) is 0 Å². The molecule has 3 heterocycles. The highest BCUT2D eigenvalue weighted by atomic mass is 19.3. The van der Waals surface area contributed by atoms with Gasteiger partial charge in [0.05, 0.1) is 11.7 Å². The molecule has 1 saturated heterocycles. The predicted molar refractivity (Wildman–Crippen MR) is 72.8 cm³/mol. The Morgan fingerprint density at radius 3 is 2.86 bits per heavy atom. The summed E-state index contributed by atoms with van der Waals surface area (Å²) in [6.07, 6.45) is 2.55. The first kappa shape index (κ1) is 14.6. The molecule has 0 spiro atoms. The molecular formula is C13H15F2N5O2. The van der Waals surface area contributed by atoms with Crippen molar-refractivity contribution in [1.82, 2.24) is 20.1 Å². The molecule has 1 aliphatic heterocycles. The van der Waals surface area contributed by atoms with Crippen LogP contribution in [0.25, 0.3) is 0 Å². The number of hydrogen-bond donors (Lipinski definition) is 2. The lowest BCUT2D eigenvalue weighted by atomic mass is 10.1. The van der Waals surface area contributed by atoms with Crippen molar-refractivity contribution in [2.45, 2.75) is 25.3 Å². The molecule has 3 rings (SSSR count). The Morgan fingerprint density at radius 2 is 2.23 bits per heavy atom. The van der Waals surface area contributed by atoms with E-state index in [1.807, 2.05) is 0 Å². The van der Waals surface area contributed by atoms with Crippen molar-refractivity contribution in [2.24, 2.45) is 0 Å². The highest BCUT2D eigenvalue weighted by molar-refractivity contribution is 6.02. The van der Waals surface area contributed by atoms with Crippen LogP contribution in [-0.4, -0.2) is 33.8 Å². The number of halogens is 2. The summed E-state index contributed by atoms with van der Waals surface area (Å²) in [5, 5.41) is 9.56. The van der Waals surface area contributed by atoms with E-state index in [-0.39, 0.29) is 17.4 Å². The van der Waals surface area contributed by atoms with Crippen molar-refractivity contribution < 1.29 is 18.0 Å². The Balaban J connectivity index is 1.82. The zero-order valence-electron chi connectivity index (χ0n) is 11.6. The van der Waals surface area contributed by atoms with E-state index in [0.717, 1.165) is 38.6 Å². The van der Waals surface area contributed by atoms with Crippen LogP contribution in [0, 0.1) is 0 Å². The van der Waals surface area contributed by atoms with E-state index < -0.39 is 18.0 Å². The molecule has 0 radical (unpaired) electrons. The maximum Gasteiger partial charge on any atom is 0.284 e. The van der Waals surface area contributed by atoms with Crippen LogP contribution in [0.4, 0.5) is 14.5 Å². The molecule has 2 N–H and O–H groups in total. The maximum atomic E-state index is 13.1. The normalized spacial score (nSPS) is 16.1. The van der Waals surface area contributed by atoms with Crippen LogP contribution in [0.1, 0.15) is 41.5 Å². The van der Waals surface area contributed by atoms with Gasteiger partial charge in [-0.3, -0.25) is 9.48 Å². The largest absolute Gasteiger partial charge is 0.451 e. The molecule has 2 aromatic rings. The summed E-state index contributed by atoms with van der Waals surface area (Å²) < 4.78 is 32.5. The minimum absolute atomic E-state index is 0.00142. The topological polar surface area (TPSA) is 85.0 Å². The van der Waals surface area contributed by atoms with Gasteiger partial charge in [0.15, 0.2) is 17.8 Å². The number of rotatable bonds is 4. The minimum Gasteiger partial charge on any atom is -0.451 e. The summed E-state index contributed by atoms with van der Waals surface area (Å²) in [5.74, 6) is -0.611. The van der Waals surface area contributed by atoms with Crippen molar-refractivity contribution in [3.8, 4) is 0 Å². The third-order valence-corrected chi connectivity index (χ3v) is 3.56. The highest BCUT2D eigenvalue weighted by Crippen LogP contribution is 2.29. The third-order valence-electron chi connectivity index (χ3n) is 3.56. The smallest absolute Gasteiger partial charge is 0.284 e. The van der Waals surface area contributed by atoms with Gasteiger partial charge in [0, 0.05) is 6.20 Å². The number of oxazole rings is 1. The molecule has 0 unspecified atom stereocenters. The average Bonchev–Trinajstić information content (AvgIpc) is 3.17. The highest BCUT2D eigenvalue weighted by Gasteiger charge is 2.24. The van der Waals surface area contributed by atoms with Crippen LogP contribution in [0.3, 0.4) is 0 Å². The fraction of sp³-hybridized carbons (Fsp3) is 0.462. The van der Waals surface area contributed by atoms with Gasteiger partial charge < -0.3 is 15.1 Å². The molecule has 7 nitrogen and oxygen atoms in total. The van der Waals surface area contributed by atoms with Crippen LogP contribution in [-0.2, 0) is 0 Å². The fourth-order valence-electron chi connectivity index (χ4n) is 2.43. The molecular weight excluding hydrogens is 296 g/mol.